The van der Waals surface area contributed by atoms with E-state index in [1.54, 1.807) is 0 Å². The van der Waals surface area contributed by atoms with Crippen molar-refractivity contribution >= 4 is 17.9 Å². The SMILES string of the molecule is Cc1c(C(=O)O)[c]c(C(=O)O)cc1C(=O)O. The number of benzene rings is 1. The molecule has 0 amide bonds. The van der Waals surface area contributed by atoms with Crippen LogP contribution in [0.5, 0.6) is 0 Å². The van der Waals surface area contributed by atoms with Gasteiger partial charge in [-0.15, -0.1) is 0 Å². The Labute approximate surface area is 89.8 Å². The molecule has 0 spiro atoms. The third kappa shape index (κ3) is 2.00. The molecule has 6 heteroatoms. The van der Waals surface area contributed by atoms with Crippen LogP contribution in [0.1, 0.15) is 36.6 Å². The molecule has 0 atom stereocenters. The van der Waals surface area contributed by atoms with Crippen LogP contribution in [-0.4, -0.2) is 33.2 Å². The number of hydrogen-bond donors (Lipinski definition) is 3. The Morgan fingerprint density at radius 1 is 1.06 bits per heavy atom. The van der Waals surface area contributed by atoms with Crippen LogP contribution in [0, 0.1) is 13.0 Å². The maximum Gasteiger partial charge on any atom is 0.336 e. The van der Waals surface area contributed by atoms with E-state index >= 15 is 0 Å². The molecular formula is C10H7O6. The Bertz CT molecular complexity index is 453. The number of carboxylic acids is 3. The second kappa shape index (κ2) is 4.01. The molecule has 0 saturated heterocycles. The summed E-state index contributed by atoms with van der Waals surface area (Å²) in [5, 5.41) is 26.2. The van der Waals surface area contributed by atoms with Crippen LogP contribution in [0.3, 0.4) is 0 Å². The molecule has 83 valence electrons. The summed E-state index contributed by atoms with van der Waals surface area (Å²) in [6.07, 6.45) is 0. The third-order valence-electron chi connectivity index (χ3n) is 2.00. The van der Waals surface area contributed by atoms with E-state index < -0.39 is 29.0 Å². The Kier molecular flexibility index (Phi) is 2.94. The Balaban J connectivity index is 3.57. The molecule has 6 nitrogen and oxygen atoms in total. The molecule has 0 aliphatic rings. The van der Waals surface area contributed by atoms with Gasteiger partial charge in [-0.1, -0.05) is 0 Å². The van der Waals surface area contributed by atoms with Gasteiger partial charge in [-0.05, 0) is 18.6 Å². The fourth-order valence-corrected chi connectivity index (χ4v) is 1.20. The molecule has 0 saturated carbocycles. The summed E-state index contributed by atoms with van der Waals surface area (Å²) >= 11 is 0. The van der Waals surface area contributed by atoms with E-state index in [1.165, 1.54) is 6.92 Å². The summed E-state index contributed by atoms with van der Waals surface area (Å²) in [4.78, 5) is 32.2. The largest absolute Gasteiger partial charge is 0.478 e. The van der Waals surface area contributed by atoms with Gasteiger partial charge < -0.3 is 15.3 Å². The molecule has 0 aliphatic carbocycles. The maximum absolute atomic E-state index is 10.8. The molecule has 1 aromatic rings. The summed E-state index contributed by atoms with van der Waals surface area (Å²) < 4.78 is 0. The first-order chi connectivity index (χ1) is 7.34. The number of carboxylic acid groups (broad SMARTS) is 3. The number of rotatable bonds is 3. The van der Waals surface area contributed by atoms with Crippen molar-refractivity contribution in [1.82, 2.24) is 0 Å². The molecule has 0 aliphatic heterocycles. The molecular weight excluding hydrogens is 216 g/mol. The number of hydrogen-bond acceptors (Lipinski definition) is 3. The van der Waals surface area contributed by atoms with E-state index in [9.17, 15) is 14.4 Å². The molecule has 0 heterocycles. The minimum absolute atomic E-state index is 0.0231. The van der Waals surface area contributed by atoms with Gasteiger partial charge in [0.1, 0.15) is 0 Å². The molecule has 1 rings (SSSR count). The highest BCUT2D eigenvalue weighted by molar-refractivity contribution is 6.00. The second-order valence-electron chi connectivity index (χ2n) is 3.01. The van der Waals surface area contributed by atoms with E-state index in [4.69, 9.17) is 15.3 Å². The smallest absolute Gasteiger partial charge is 0.336 e. The van der Waals surface area contributed by atoms with Gasteiger partial charge in [-0.2, -0.15) is 0 Å². The zero-order chi connectivity index (χ0) is 12.5. The van der Waals surface area contributed by atoms with Gasteiger partial charge in [-0.25, -0.2) is 14.4 Å². The van der Waals surface area contributed by atoms with Crippen molar-refractivity contribution in [3.05, 3.63) is 34.4 Å². The zero-order valence-corrected chi connectivity index (χ0v) is 8.14. The molecule has 1 aromatic carbocycles. The van der Waals surface area contributed by atoms with Crippen LogP contribution in [0.25, 0.3) is 0 Å². The number of aromatic carboxylic acids is 3. The predicted octanol–water partition coefficient (Wildman–Crippen LogP) is 0.890. The van der Waals surface area contributed by atoms with E-state index in [0.29, 0.717) is 0 Å². The number of carbonyl (C=O) groups is 3. The minimum atomic E-state index is -1.43. The zero-order valence-electron chi connectivity index (χ0n) is 8.14. The minimum Gasteiger partial charge on any atom is -0.478 e. The van der Waals surface area contributed by atoms with Crippen molar-refractivity contribution in [1.29, 1.82) is 0 Å². The van der Waals surface area contributed by atoms with Crippen LogP contribution in [0.15, 0.2) is 6.07 Å². The quantitative estimate of drug-likeness (QED) is 0.701. The highest BCUT2D eigenvalue weighted by Crippen LogP contribution is 2.17. The summed E-state index contributed by atoms with van der Waals surface area (Å²) in [6.45, 7) is 1.29. The van der Waals surface area contributed by atoms with Crippen molar-refractivity contribution in [2.24, 2.45) is 0 Å². The van der Waals surface area contributed by atoms with Crippen molar-refractivity contribution in [3.63, 3.8) is 0 Å². The average Bonchev–Trinajstić information content (AvgIpc) is 2.16. The van der Waals surface area contributed by atoms with Gasteiger partial charge in [0.15, 0.2) is 0 Å². The van der Waals surface area contributed by atoms with Crippen LogP contribution in [0.4, 0.5) is 0 Å². The average molecular weight is 223 g/mol. The van der Waals surface area contributed by atoms with Gasteiger partial charge in [0, 0.05) is 6.07 Å². The van der Waals surface area contributed by atoms with Crippen molar-refractivity contribution in [2.75, 3.05) is 0 Å². The van der Waals surface area contributed by atoms with E-state index in [2.05, 4.69) is 6.07 Å². The Hall–Kier alpha value is -2.37. The van der Waals surface area contributed by atoms with Crippen LogP contribution in [-0.2, 0) is 0 Å². The van der Waals surface area contributed by atoms with Gasteiger partial charge in [0.2, 0.25) is 0 Å². The molecule has 1 radical (unpaired) electrons. The lowest BCUT2D eigenvalue weighted by Gasteiger charge is -2.06. The lowest BCUT2D eigenvalue weighted by atomic mass is 9.98. The van der Waals surface area contributed by atoms with Gasteiger partial charge in [0.05, 0.1) is 16.7 Å². The fourth-order valence-electron chi connectivity index (χ4n) is 1.20. The van der Waals surface area contributed by atoms with Gasteiger partial charge in [0.25, 0.3) is 0 Å². The van der Waals surface area contributed by atoms with Crippen LogP contribution in [0.2, 0.25) is 0 Å². The van der Waals surface area contributed by atoms with E-state index in [-0.39, 0.29) is 11.1 Å². The maximum atomic E-state index is 10.8. The first kappa shape index (κ1) is 11.7. The molecule has 0 bridgehead atoms. The monoisotopic (exact) mass is 223 g/mol. The fraction of sp³-hybridized carbons (Fsp3) is 0.100. The summed E-state index contributed by atoms with van der Waals surface area (Å²) in [5.74, 6) is -4.22. The van der Waals surface area contributed by atoms with Gasteiger partial charge in [-0.3, -0.25) is 0 Å². The van der Waals surface area contributed by atoms with Crippen molar-refractivity contribution in [2.45, 2.75) is 6.92 Å². The van der Waals surface area contributed by atoms with E-state index in [0.717, 1.165) is 6.07 Å². The molecule has 0 unspecified atom stereocenters. The summed E-state index contributed by atoms with van der Waals surface area (Å²) in [7, 11) is 0. The summed E-state index contributed by atoms with van der Waals surface area (Å²) in [6, 6.07) is 3.03. The highest BCUT2D eigenvalue weighted by atomic mass is 16.4. The normalized spacial score (nSPS) is 9.81. The van der Waals surface area contributed by atoms with E-state index in [1.807, 2.05) is 0 Å². The van der Waals surface area contributed by atoms with Crippen LogP contribution >= 0.6 is 0 Å². The lowest BCUT2D eigenvalue weighted by Crippen LogP contribution is -2.11. The highest BCUT2D eigenvalue weighted by Gasteiger charge is 2.19. The lowest BCUT2D eigenvalue weighted by molar-refractivity contribution is 0.0695. The van der Waals surface area contributed by atoms with Gasteiger partial charge >= 0.3 is 17.9 Å². The first-order valence-electron chi connectivity index (χ1n) is 4.11. The molecule has 0 fully saturated rings. The molecule has 0 aromatic heterocycles. The Morgan fingerprint density at radius 3 is 2.00 bits per heavy atom. The molecule has 16 heavy (non-hydrogen) atoms. The second-order valence-corrected chi connectivity index (χ2v) is 3.01. The molecule has 3 N–H and O–H groups in total. The standard InChI is InChI=1S/C10H7O6/c1-4-6(9(13)14)2-5(8(11)12)3-7(4)10(15)16/h2H,1H3,(H,11,12)(H,13,14)(H,15,16). The summed E-state index contributed by atoms with van der Waals surface area (Å²) in [5.41, 5.74) is -1.31. The topological polar surface area (TPSA) is 112 Å². The predicted molar refractivity (Wildman–Crippen MR) is 50.9 cm³/mol. The van der Waals surface area contributed by atoms with Crippen molar-refractivity contribution < 1.29 is 29.7 Å². The van der Waals surface area contributed by atoms with Crippen LogP contribution < -0.4 is 0 Å². The van der Waals surface area contributed by atoms with Crippen molar-refractivity contribution in [3.8, 4) is 0 Å². The Morgan fingerprint density at radius 2 is 1.62 bits per heavy atom. The first-order valence-corrected chi connectivity index (χ1v) is 4.11. The third-order valence-corrected chi connectivity index (χ3v) is 2.00.